The third kappa shape index (κ3) is 0.952. The minimum atomic E-state index is 0.447. The van der Waals surface area contributed by atoms with E-state index in [4.69, 9.17) is 11.6 Å². The van der Waals surface area contributed by atoms with Gasteiger partial charge in [0.1, 0.15) is 17.3 Å². The summed E-state index contributed by atoms with van der Waals surface area (Å²) in [4.78, 5) is 4.02. The summed E-state index contributed by atoms with van der Waals surface area (Å²) in [6.45, 7) is 1.85. The van der Waals surface area contributed by atoms with Crippen LogP contribution in [0.5, 0.6) is 0 Å². The molecule has 0 aliphatic heterocycles. The van der Waals surface area contributed by atoms with Crippen molar-refractivity contribution in [1.82, 2.24) is 19.6 Å². The van der Waals surface area contributed by atoms with Crippen molar-refractivity contribution >= 4 is 17.2 Å². The predicted octanol–water partition coefficient (Wildman–Crippen LogP) is 1.09. The molecule has 2 rings (SSSR count). The molecule has 0 fully saturated rings. The molecule has 0 N–H and O–H groups in total. The smallest absolute Gasteiger partial charge is 0.165 e. The zero-order chi connectivity index (χ0) is 7.84. The van der Waals surface area contributed by atoms with Crippen LogP contribution in [-0.4, -0.2) is 19.6 Å². The number of aryl methyl sites for hydroxylation is 1. The largest absolute Gasteiger partial charge is 0.269 e. The van der Waals surface area contributed by atoms with Gasteiger partial charge in [-0.05, 0) is 6.92 Å². The molecule has 0 spiro atoms. The molecule has 4 nitrogen and oxygen atoms in total. The Morgan fingerprint density at radius 1 is 1.55 bits per heavy atom. The Labute approximate surface area is 67.8 Å². The predicted molar refractivity (Wildman–Crippen MR) is 40.5 cm³/mol. The van der Waals surface area contributed by atoms with Crippen molar-refractivity contribution in [3.8, 4) is 0 Å². The van der Waals surface area contributed by atoms with Crippen molar-refractivity contribution in [2.24, 2.45) is 0 Å². The summed E-state index contributed by atoms with van der Waals surface area (Å²) in [5.41, 5.74) is 0.725. The highest BCUT2D eigenvalue weighted by Crippen LogP contribution is 2.08. The zero-order valence-corrected chi connectivity index (χ0v) is 6.58. The Kier molecular flexibility index (Phi) is 1.29. The molecule has 0 bridgehead atoms. The van der Waals surface area contributed by atoms with E-state index in [9.17, 15) is 0 Å². The maximum absolute atomic E-state index is 5.69. The van der Waals surface area contributed by atoms with Crippen LogP contribution in [0.25, 0.3) is 5.65 Å². The number of rotatable bonds is 0. The van der Waals surface area contributed by atoms with E-state index in [1.165, 1.54) is 0 Å². The highest BCUT2D eigenvalue weighted by molar-refractivity contribution is 6.29. The lowest BCUT2D eigenvalue weighted by atomic mass is 10.5. The SMILES string of the molecule is Cc1nc(Cl)cc2nncn12. The molecular weight excluding hydrogens is 164 g/mol. The quantitative estimate of drug-likeness (QED) is 0.553. The van der Waals surface area contributed by atoms with Crippen LogP contribution in [0.4, 0.5) is 0 Å². The molecule has 11 heavy (non-hydrogen) atoms. The van der Waals surface area contributed by atoms with Crippen molar-refractivity contribution in [1.29, 1.82) is 0 Å². The normalized spacial score (nSPS) is 10.7. The molecule has 2 heterocycles. The van der Waals surface area contributed by atoms with Gasteiger partial charge in [0.2, 0.25) is 0 Å². The van der Waals surface area contributed by atoms with Gasteiger partial charge in [-0.1, -0.05) is 11.6 Å². The lowest BCUT2D eigenvalue weighted by molar-refractivity contribution is 0.981. The average Bonchev–Trinajstić information content (AvgIpc) is 2.34. The molecule has 0 amide bonds. The van der Waals surface area contributed by atoms with Gasteiger partial charge in [0.05, 0.1) is 0 Å². The van der Waals surface area contributed by atoms with Gasteiger partial charge in [0.15, 0.2) is 5.65 Å². The summed E-state index contributed by atoms with van der Waals surface area (Å²) < 4.78 is 1.77. The van der Waals surface area contributed by atoms with Crippen LogP contribution in [0.15, 0.2) is 12.4 Å². The van der Waals surface area contributed by atoms with Gasteiger partial charge in [0, 0.05) is 6.07 Å². The molecule has 2 aromatic rings. The van der Waals surface area contributed by atoms with Gasteiger partial charge < -0.3 is 0 Å². The van der Waals surface area contributed by atoms with E-state index in [2.05, 4.69) is 15.2 Å². The highest BCUT2D eigenvalue weighted by Gasteiger charge is 2.00. The number of halogens is 1. The molecule has 0 saturated heterocycles. The summed E-state index contributed by atoms with van der Waals surface area (Å²) in [5.74, 6) is 0.789. The molecule has 5 heteroatoms. The minimum Gasteiger partial charge on any atom is -0.269 e. The molecule has 2 aromatic heterocycles. The third-order valence-electron chi connectivity index (χ3n) is 1.44. The molecular formula is C6H5ClN4. The van der Waals surface area contributed by atoms with E-state index < -0.39 is 0 Å². The van der Waals surface area contributed by atoms with E-state index in [0.29, 0.717) is 5.15 Å². The first-order valence-corrected chi connectivity index (χ1v) is 3.48. The molecule has 0 aliphatic rings. The van der Waals surface area contributed by atoms with Gasteiger partial charge in [-0.2, -0.15) is 0 Å². The number of hydrogen-bond donors (Lipinski definition) is 0. The molecule has 56 valence electrons. The van der Waals surface area contributed by atoms with Crippen molar-refractivity contribution in [2.45, 2.75) is 6.92 Å². The summed E-state index contributed by atoms with van der Waals surface area (Å²) in [6, 6.07) is 1.67. The van der Waals surface area contributed by atoms with Gasteiger partial charge in [0.25, 0.3) is 0 Å². The standard InChI is InChI=1S/C6H5ClN4/c1-4-9-5(7)2-6-10-8-3-11(4)6/h2-3H,1H3. The van der Waals surface area contributed by atoms with Gasteiger partial charge >= 0.3 is 0 Å². The Bertz CT molecular complexity index is 394. The lowest BCUT2D eigenvalue weighted by Crippen LogP contribution is -1.93. The highest BCUT2D eigenvalue weighted by atomic mass is 35.5. The fourth-order valence-electron chi connectivity index (χ4n) is 0.939. The maximum atomic E-state index is 5.69. The second-order valence-electron chi connectivity index (χ2n) is 2.19. The Morgan fingerprint density at radius 3 is 3.18 bits per heavy atom. The number of nitrogens with zero attached hydrogens (tertiary/aromatic N) is 4. The topological polar surface area (TPSA) is 43.1 Å². The van der Waals surface area contributed by atoms with Crippen LogP contribution in [0.2, 0.25) is 5.15 Å². The molecule has 0 atom stereocenters. The first-order valence-electron chi connectivity index (χ1n) is 3.10. The Balaban J connectivity index is 2.91. The van der Waals surface area contributed by atoms with Crippen molar-refractivity contribution in [3.63, 3.8) is 0 Å². The first kappa shape index (κ1) is 6.54. The molecule has 0 radical (unpaired) electrons. The molecule has 0 unspecified atom stereocenters. The third-order valence-corrected chi connectivity index (χ3v) is 1.63. The minimum absolute atomic E-state index is 0.447. The van der Waals surface area contributed by atoms with Crippen molar-refractivity contribution in [3.05, 3.63) is 23.4 Å². The summed E-state index contributed by atoms with van der Waals surface area (Å²) in [6.07, 6.45) is 1.61. The van der Waals surface area contributed by atoms with Crippen LogP contribution < -0.4 is 0 Å². The van der Waals surface area contributed by atoms with Crippen LogP contribution in [-0.2, 0) is 0 Å². The van der Waals surface area contributed by atoms with E-state index >= 15 is 0 Å². The number of aromatic nitrogens is 4. The van der Waals surface area contributed by atoms with E-state index in [-0.39, 0.29) is 0 Å². The van der Waals surface area contributed by atoms with Crippen molar-refractivity contribution < 1.29 is 0 Å². The summed E-state index contributed by atoms with van der Waals surface area (Å²) >= 11 is 5.69. The van der Waals surface area contributed by atoms with E-state index in [1.807, 2.05) is 6.92 Å². The maximum Gasteiger partial charge on any atom is 0.165 e. The molecule has 0 aliphatic carbocycles. The monoisotopic (exact) mass is 168 g/mol. The fourth-order valence-corrected chi connectivity index (χ4v) is 1.16. The Morgan fingerprint density at radius 2 is 2.36 bits per heavy atom. The fraction of sp³-hybridized carbons (Fsp3) is 0.167. The number of fused-ring (bicyclic) bond motifs is 1. The Hall–Kier alpha value is -1.16. The first-order chi connectivity index (χ1) is 5.27. The van der Waals surface area contributed by atoms with Crippen LogP contribution >= 0.6 is 11.6 Å². The second kappa shape index (κ2) is 2.17. The molecule has 0 saturated carbocycles. The summed E-state index contributed by atoms with van der Waals surface area (Å²) in [7, 11) is 0. The lowest BCUT2D eigenvalue weighted by Gasteiger charge is -1.96. The van der Waals surface area contributed by atoms with Gasteiger partial charge in [-0.15, -0.1) is 10.2 Å². The molecule has 0 aromatic carbocycles. The van der Waals surface area contributed by atoms with E-state index in [0.717, 1.165) is 11.5 Å². The van der Waals surface area contributed by atoms with Gasteiger partial charge in [-0.25, -0.2) is 4.98 Å². The zero-order valence-electron chi connectivity index (χ0n) is 5.82. The van der Waals surface area contributed by atoms with Gasteiger partial charge in [-0.3, -0.25) is 4.40 Å². The average molecular weight is 169 g/mol. The van der Waals surface area contributed by atoms with E-state index in [1.54, 1.807) is 16.8 Å². The van der Waals surface area contributed by atoms with Crippen LogP contribution in [0.3, 0.4) is 0 Å². The number of hydrogen-bond acceptors (Lipinski definition) is 3. The van der Waals surface area contributed by atoms with Crippen LogP contribution in [0, 0.1) is 6.92 Å². The van der Waals surface area contributed by atoms with Crippen molar-refractivity contribution in [2.75, 3.05) is 0 Å². The summed E-state index contributed by atoms with van der Waals surface area (Å²) in [5, 5.41) is 7.99. The van der Waals surface area contributed by atoms with Crippen LogP contribution in [0.1, 0.15) is 5.82 Å². The second-order valence-corrected chi connectivity index (χ2v) is 2.57.